The van der Waals surface area contributed by atoms with Crippen LogP contribution < -0.4 is 0 Å². The minimum absolute atomic E-state index is 0.351. The summed E-state index contributed by atoms with van der Waals surface area (Å²) < 4.78 is 0. The third-order valence-electron chi connectivity index (χ3n) is 3.27. The van der Waals surface area contributed by atoms with Gasteiger partial charge in [-0.3, -0.25) is 0 Å². The van der Waals surface area contributed by atoms with Gasteiger partial charge in [0.05, 0.1) is 0 Å². The molecule has 0 heterocycles. The van der Waals surface area contributed by atoms with Crippen LogP contribution in [0.1, 0.15) is 56.6 Å². The van der Waals surface area contributed by atoms with Crippen molar-refractivity contribution in [1.29, 1.82) is 0 Å². The molecule has 0 aliphatic heterocycles. The quantitative estimate of drug-likeness (QED) is 0.637. The van der Waals surface area contributed by atoms with E-state index in [1.54, 1.807) is 0 Å². The summed E-state index contributed by atoms with van der Waals surface area (Å²) in [5, 5.41) is 8.67. The van der Waals surface area contributed by atoms with Gasteiger partial charge in [0.25, 0.3) is 0 Å². The normalized spacial score (nSPS) is 10.7. The average molecular weight is 234 g/mol. The van der Waals surface area contributed by atoms with Gasteiger partial charge < -0.3 is 5.11 Å². The van der Waals surface area contributed by atoms with E-state index in [0.29, 0.717) is 6.61 Å². The summed E-state index contributed by atoms with van der Waals surface area (Å²) in [6, 6.07) is 8.96. The lowest BCUT2D eigenvalue weighted by Gasteiger charge is -2.04. The van der Waals surface area contributed by atoms with Gasteiger partial charge in [-0.1, -0.05) is 56.9 Å². The van der Waals surface area contributed by atoms with Gasteiger partial charge in [-0.25, -0.2) is 0 Å². The van der Waals surface area contributed by atoms with Gasteiger partial charge in [-0.2, -0.15) is 0 Å². The monoisotopic (exact) mass is 234 g/mol. The molecule has 0 aromatic heterocycles. The van der Waals surface area contributed by atoms with Crippen LogP contribution in [0.3, 0.4) is 0 Å². The van der Waals surface area contributed by atoms with Crippen molar-refractivity contribution < 1.29 is 5.11 Å². The van der Waals surface area contributed by atoms with Crippen molar-refractivity contribution in [3.8, 4) is 0 Å². The maximum absolute atomic E-state index is 8.67. The Morgan fingerprint density at radius 2 is 1.53 bits per heavy atom. The molecular weight excluding hydrogens is 208 g/mol. The van der Waals surface area contributed by atoms with Crippen molar-refractivity contribution in [2.75, 3.05) is 6.61 Å². The van der Waals surface area contributed by atoms with Crippen molar-refractivity contribution in [2.24, 2.45) is 0 Å². The molecular formula is C16H26O. The molecule has 0 amide bonds. The summed E-state index contributed by atoms with van der Waals surface area (Å²) in [4.78, 5) is 0. The number of hydrogen-bond donors (Lipinski definition) is 1. The fourth-order valence-corrected chi connectivity index (χ4v) is 2.15. The minimum atomic E-state index is 0.351. The Kier molecular flexibility index (Phi) is 7.74. The first-order valence-electron chi connectivity index (χ1n) is 7.05. The van der Waals surface area contributed by atoms with Crippen molar-refractivity contribution in [3.05, 3.63) is 35.4 Å². The van der Waals surface area contributed by atoms with E-state index < -0.39 is 0 Å². The third-order valence-corrected chi connectivity index (χ3v) is 3.27. The van der Waals surface area contributed by atoms with Crippen LogP contribution in [0.25, 0.3) is 0 Å². The number of aryl methyl sites for hydroxylation is 2. The van der Waals surface area contributed by atoms with Gasteiger partial charge in [0, 0.05) is 6.61 Å². The fourth-order valence-electron chi connectivity index (χ4n) is 2.15. The molecule has 1 aromatic carbocycles. The second-order valence-corrected chi connectivity index (χ2v) is 4.77. The maximum Gasteiger partial charge on any atom is 0.0431 e. The Morgan fingerprint density at radius 1 is 0.882 bits per heavy atom. The van der Waals surface area contributed by atoms with Gasteiger partial charge in [-0.15, -0.1) is 0 Å². The van der Waals surface area contributed by atoms with Crippen LogP contribution in [0.2, 0.25) is 0 Å². The second-order valence-electron chi connectivity index (χ2n) is 4.77. The maximum atomic E-state index is 8.67. The summed E-state index contributed by atoms with van der Waals surface area (Å²) in [5.41, 5.74) is 2.94. The van der Waals surface area contributed by atoms with Crippen LogP contribution in [-0.2, 0) is 12.8 Å². The molecule has 0 atom stereocenters. The zero-order valence-electron chi connectivity index (χ0n) is 11.1. The predicted octanol–water partition coefficient (Wildman–Crippen LogP) is 4.12. The van der Waals surface area contributed by atoms with Crippen LogP contribution >= 0.6 is 0 Å². The number of aliphatic hydroxyl groups is 1. The third kappa shape index (κ3) is 6.48. The highest BCUT2D eigenvalue weighted by molar-refractivity contribution is 5.23. The summed E-state index contributed by atoms with van der Waals surface area (Å²) in [6.07, 6.45) is 9.71. The summed E-state index contributed by atoms with van der Waals surface area (Å²) in [5.74, 6) is 0. The smallest absolute Gasteiger partial charge is 0.0431 e. The van der Waals surface area contributed by atoms with Gasteiger partial charge in [0.1, 0.15) is 0 Å². The topological polar surface area (TPSA) is 20.2 Å². The van der Waals surface area contributed by atoms with E-state index >= 15 is 0 Å². The fraction of sp³-hybridized carbons (Fsp3) is 0.625. The van der Waals surface area contributed by atoms with Crippen LogP contribution in [-0.4, -0.2) is 11.7 Å². The van der Waals surface area contributed by atoms with Crippen LogP contribution in [0, 0.1) is 0 Å². The van der Waals surface area contributed by atoms with Crippen molar-refractivity contribution in [1.82, 2.24) is 0 Å². The number of benzene rings is 1. The van der Waals surface area contributed by atoms with Crippen LogP contribution in [0.15, 0.2) is 24.3 Å². The molecule has 96 valence electrons. The molecule has 0 fully saturated rings. The predicted molar refractivity (Wildman–Crippen MR) is 74.3 cm³/mol. The highest BCUT2D eigenvalue weighted by Gasteiger charge is 1.96. The lowest BCUT2D eigenvalue weighted by molar-refractivity contribution is 0.282. The van der Waals surface area contributed by atoms with Crippen LogP contribution in [0.4, 0.5) is 0 Å². The molecule has 1 N–H and O–H groups in total. The first-order chi connectivity index (χ1) is 8.36. The molecule has 0 spiro atoms. The Balaban J connectivity index is 2.09. The molecule has 17 heavy (non-hydrogen) atoms. The van der Waals surface area contributed by atoms with E-state index in [0.717, 1.165) is 12.8 Å². The van der Waals surface area contributed by atoms with Gasteiger partial charge in [0.2, 0.25) is 0 Å². The van der Waals surface area contributed by atoms with Gasteiger partial charge in [0.15, 0.2) is 0 Å². The lowest BCUT2D eigenvalue weighted by atomic mass is 10.0. The molecule has 1 rings (SSSR count). The van der Waals surface area contributed by atoms with E-state index in [9.17, 15) is 0 Å². The average Bonchev–Trinajstić information content (AvgIpc) is 2.38. The molecule has 0 aliphatic rings. The Bertz CT molecular complexity index is 293. The molecule has 0 unspecified atom stereocenters. The summed E-state index contributed by atoms with van der Waals surface area (Å²) in [6.45, 7) is 2.56. The molecule has 0 radical (unpaired) electrons. The largest absolute Gasteiger partial charge is 0.396 e. The molecule has 1 aromatic rings. The van der Waals surface area contributed by atoms with Crippen molar-refractivity contribution >= 4 is 0 Å². The van der Waals surface area contributed by atoms with Crippen molar-refractivity contribution in [3.63, 3.8) is 0 Å². The highest BCUT2D eigenvalue weighted by Crippen LogP contribution is 2.11. The first kappa shape index (κ1) is 14.2. The molecule has 0 saturated heterocycles. The number of rotatable bonds is 9. The Labute approximate surface area is 106 Å². The second kappa shape index (κ2) is 9.23. The Hall–Kier alpha value is -0.820. The molecule has 1 heteroatoms. The number of unbranched alkanes of at least 4 members (excludes halogenated alkanes) is 5. The summed E-state index contributed by atoms with van der Waals surface area (Å²) in [7, 11) is 0. The molecule has 0 saturated carbocycles. The van der Waals surface area contributed by atoms with E-state index in [-0.39, 0.29) is 0 Å². The molecule has 1 nitrogen and oxygen atoms in total. The molecule has 0 bridgehead atoms. The lowest BCUT2D eigenvalue weighted by Crippen LogP contribution is -1.89. The van der Waals surface area contributed by atoms with Crippen molar-refractivity contribution in [2.45, 2.75) is 58.3 Å². The van der Waals surface area contributed by atoms with Gasteiger partial charge >= 0.3 is 0 Å². The van der Waals surface area contributed by atoms with Crippen LogP contribution in [0.5, 0.6) is 0 Å². The first-order valence-corrected chi connectivity index (χ1v) is 7.05. The SMILES string of the molecule is CCc1cccc(CCCCCCCCO)c1. The zero-order chi connectivity index (χ0) is 12.3. The summed E-state index contributed by atoms with van der Waals surface area (Å²) >= 11 is 0. The standard InChI is InChI=1S/C16H26O/c1-2-15-11-9-12-16(14-15)10-7-5-3-4-6-8-13-17/h9,11-12,14,17H,2-8,10,13H2,1H3. The van der Waals surface area contributed by atoms with Gasteiger partial charge in [-0.05, 0) is 36.8 Å². The number of aliphatic hydroxyl groups excluding tert-OH is 1. The van der Waals surface area contributed by atoms with E-state index in [1.165, 1.54) is 49.7 Å². The van der Waals surface area contributed by atoms with E-state index in [2.05, 4.69) is 31.2 Å². The highest BCUT2D eigenvalue weighted by atomic mass is 16.2. The molecule has 0 aliphatic carbocycles. The zero-order valence-corrected chi connectivity index (χ0v) is 11.1. The Morgan fingerprint density at radius 3 is 2.24 bits per heavy atom. The van der Waals surface area contributed by atoms with E-state index in [4.69, 9.17) is 5.11 Å². The number of hydrogen-bond acceptors (Lipinski definition) is 1. The van der Waals surface area contributed by atoms with E-state index in [1.807, 2.05) is 0 Å². The minimum Gasteiger partial charge on any atom is -0.396 e.